The van der Waals surface area contributed by atoms with Gasteiger partial charge < -0.3 is 32.5 Å². The fourth-order valence-electron chi connectivity index (χ4n) is 4.71. The third kappa shape index (κ3) is 11.3. The molecule has 218 valence electrons. The summed E-state index contributed by atoms with van der Waals surface area (Å²) in [5, 5.41) is 29.1. The highest BCUT2D eigenvalue weighted by atomic mass is 16.6. The molecular weight excluding hydrogens is 504 g/mol. The van der Waals surface area contributed by atoms with Gasteiger partial charge in [-0.25, -0.2) is 0 Å². The maximum absolute atomic E-state index is 13.5. The fourth-order valence-corrected chi connectivity index (χ4v) is 4.71. The highest BCUT2D eigenvalue weighted by Crippen LogP contribution is 2.28. The van der Waals surface area contributed by atoms with Gasteiger partial charge in [0.15, 0.2) is 0 Å². The number of nitrogens with one attached hydrogen (secondary N) is 3. The van der Waals surface area contributed by atoms with E-state index in [9.17, 15) is 29.6 Å². The predicted molar refractivity (Wildman–Crippen MR) is 149 cm³/mol. The van der Waals surface area contributed by atoms with Crippen molar-refractivity contribution < 1.29 is 24.4 Å². The zero-order chi connectivity index (χ0) is 28.8. The highest BCUT2D eigenvalue weighted by Gasteiger charge is 2.31. The first kappa shape index (κ1) is 32.1. The van der Waals surface area contributed by atoms with E-state index in [1.54, 1.807) is 0 Å². The summed E-state index contributed by atoms with van der Waals surface area (Å²) in [5.41, 5.74) is 11.9. The quantitative estimate of drug-likeness (QED) is 0.102. The van der Waals surface area contributed by atoms with Crippen molar-refractivity contribution in [2.45, 2.75) is 102 Å². The van der Waals surface area contributed by atoms with Crippen molar-refractivity contribution in [2.75, 3.05) is 11.9 Å². The number of aliphatic hydroxyl groups is 1. The number of non-ortho nitro benzene ring substituents is 1. The van der Waals surface area contributed by atoms with Crippen molar-refractivity contribution in [1.29, 1.82) is 0 Å². The second-order valence-corrected chi connectivity index (χ2v) is 10.4. The van der Waals surface area contributed by atoms with Crippen LogP contribution in [0.3, 0.4) is 0 Å². The van der Waals surface area contributed by atoms with Crippen LogP contribution >= 0.6 is 0 Å². The maximum atomic E-state index is 13.5. The number of benzene rings is 1. The number of hydrogen-bond donors (Lipinski definition) is 6. The van der Waals surface area contributed by atoms with Gasteiger partial charge in [0.05, 0.1) is 17.1 Å². The number of nitrogens with zero attached hydrogens (tertiary/aromatic N) is 1. The molecule has 3 amide bonds. The Balaban J connectivity index is 2.15. The fraction of sp³-hybridized carbons (Fsp3) is 0.667. The Hall–Kier alpha value is -3.09. The Kier molecular flexibility index (Phi) is 13.8. The van der Waals surface area contributed by atoms with Crippen LogP contribution in [-0.4, -0.2) is 58.5 Å². The molecule has 0 aromatic heterocycles. The van der Waals surface area contributed by atoms with Gasteiger partial charge in [-0.05, 0) is 82.4 Å². The molecule has 1 aromatic carbocycles. The van der Waals surface area contributed by atoms with E-state index in [0.29, 0.717) is 57.2 Å². The van der Waals surface area contributed by atoms with Gasteiger partial charge in [0.1, 0.15) is 12.1 Å². The largest absolute Gasteiger partial charge is 0.393 e. The van der Waals surface area contributed by atoms with Gasteiger partial charge in [0.2, 0.25) is 17.7 Å². The first-order valence-corrected chi connectivity index (χ1v) is 13.9. The van der Waals surface area contributed by atoms with Crippen molar-refractivity contribution >= 4 is 29.1 Å². The number of nitro groups is 1. The SMILES string of the molecule is CCCC[C@@H](N)C(=O)N[C@@H](CC1CCC(O)CC1)C(=O)N[C@@H](CCCCN)C(=O)Nc1ccc([N+](=O)[O-])cc1. The molecule has 0 spiro atoms. The standard InChI is InChI=1S/C27H44N6O6/c1-2-3-6-22(29)25(35)32-24(17-18-8-14-21(34)15-9-18)27(37)31-23(7-4-5-16-28)26(36)30-19-10-12-20(13-11-19)33(38)39/h10-13,18,21-24,34H,2-9,14-17,28-29H2,1H3,(H,30,36)(H,31,37)(H,32,35)/t18?,21?,22-,23+,24+/m1/s1. The first-order chi connectivity index (χ1) is 18.6. The van der Waals surface area contributed by atoms with Gasteiger partial charge >= 0.3 is 0 Å². The van der Waals surface area contributed by atoms with E-state index in [-0.39, 0.29) is 17.7 Å². The summed E-state index contributed by atoms with van der Waals surface area (Å²) in [6.45, 7) is 2.44. The second-order valence-electron chi connectivity index (χ2n) is 10.4. The van der Waals surface area contributed by atoms with Crippen LogP contribution in [0.25, 0.3) is 0 Å². The van der Waals surface area contributed by atoms with Gasteiger partial charge in [-0.15, -0.1) is 0 Å². The number of nitro benzene ring substituents is 1. The molecule has 39 heavy (non-hydrogen) atoms. The summed E-state index contributed by atoms with van der Waals surface area (Å²) in [4.78, 5) is 49.8. The lowest BCUT2D eigenvalue weighted by Gasteiger charge is -2.30. The average Bonchev–Trinajstić information content (AvgIpc) is 2.92. The molecule has 0 unspecified atom stereocenters. The minimum atomic E-state index is -0.902. The van der Waals surface area contributed by atoms with E-state index >= 15 is 0 Å². The first-order valence-electron chi connectivity index (χ1n) is 13.9. The van der Waals surface area contributed by atoms with Crippen molar-refractivity contribution in [1.82, 2.24) is 10.6 Å². The summed E-state index contributed by atoms with van der Waals surface area (Å²) in [7, 11) is 0. The lowest BCUT2D eigenvalue weighted by Crippen LogP contribution is -2.55. The number of aliphatic hydroxyl groups excluding tert-OH is 1. The molecule has 0 heterocycles. The van der Waals surface area contributed by atoms with Crippen LogP contribution in [-0.2, 0) is 14.4 Å². The van der Waals surface area contributed by atoms with Crippen LogP contribution < -0.4 is 27.4 Å². The van der Waals surface area contributed by atoms with Crippen LogP contribution in [0, 0.1) is 16.0 Å². The maximum Gasteiger partial charge on any atom is 0.269 e. The third-order valence-electron chi connectivity index (χ3n) is 7.15. The Bertz CT molecular complexity index is 935. The van der Waals surface area contributed by atoms with Crippen LogP contribution in [0.5, 0.6) is 0 Å². The normalized spacial score (nSPS) is 19.4. The van der Waals surface area contributed by atoms with E-state index in [1.165, 1.54) is 24.3 Å². The molecule has 0 aliphatic heterocycles. The van der Waals surface area contributed by atoms with Crippen LogP contribution in [0.2, 0.25) is 0 Å². The van der Waals surface area contributed by atoms with E-state index < -0.39 is 40.8 Å². The second kappa shape index (κ2) is 16.8. The monoisotopic (exact) mass is 548 g/mol. The number of carbonyl (C=O) groups excluding carboxylic acids is 3. The molecule has 0 radical (unpaired) electrons. The van der Waals surface area contributed by atoms with E-state index in [1.807, 2.05) is 6.92 Å². The van der Waals surface area contributed by atoms with Gasteiger partial charge in [-0.1, -0.05) is 19.8 Å². The smallest absolute Gasteiger partial charge is 0.269 e. The Morgan fingerprint density at radius 3 is 2.21 bits per heavy atom. The third-order valence-corrected chi connectivity index (χ3v) is 7.15. The van der Waals surface area contributed by atoms with Gasteiger partial charge in [0, 0.05) is 17.8 Å². The summed E-state index contributed by atoms with van der Waals surface area (Å²) < 4.78 is 0. The summed E-state index contributed by atoms with van der Waals surface area (Å²) in [6.07, 6.45) is 6.56. The summed E-state index contributed by atoms with van der Waals surface area (Å²) in [6, 6.07) is 2.90. The van der Waals surface area contributed by atoms with Gasteiger partial charge in [0.25, 0.3) is 5.69 Å². The number of hydrogen-bond acceptors (Lipinski definition) is 8. The molecule has 1 aliphatic carbocycles. The predicted octanol–water partition coefficient (Wildman–Crippen LogP) is 2.09. The van der Waals surface area contributed by atoms with Crippen molar-refractivity contribution in [3.8, 4) is 0 Å². The van der Waals surface area contributed by atoms with Gasteiger partial charge in [-0.3, -0.25) is 24.5 Å². The molecule has 1 saturated carbocycles. The number of nitrogens with two attached hydrogens (primary N) is 2. The minimum Gasteiger partial charge on any atom is -0.393 e. The van der Waals surface area contributed by atoms with Crippen LogP contribution in [0.4, 0.5) is 11.4 Å². The van der Waals surface area contributed by atoms with Crippen molar-refractivity contribution in [3.05, 3.63) is 34.4 Å². The zero-order valence-electron chi connectivity index (χ0n) is 22.8. The number of rotatable bonds is 16. The van der Waals surface area contributed by atoms with Gasteiger partial charge in [-0.2, -0.15) is 0 Å². The lowest BCUT2D eigenvalue weighted by molar-refractivity contribution is -0.384. The number of carbonyl (C=O) groups is 3. The van der Waals surface area contributed by atoms with Crippen LogP contribution in [0.1, 0.15) is 77.6 Å². The molecule has 12 nitrogen and oxygen atoms in total. The van der Waals surface area contributed by atoms with E-state index in [2.05, 4.69) is 16.0 Å². The van der Waals surface area contributed by atoms with E-state index in [4.69, 9.17) is 11.5 Å². The van der Waals surface area contributed by atoms with Crippen LogP contribution in [0.15, 0.2) is 24.3 Å². The molecular formula is C27H44N6O6. The van der Waals surface area contributed by atoms with E-state index in [0.717, 1.165) is 25.7 Å². The zero-order valence-corrected chi connectivity index (χ0v) is 22.8. The molecule has 1 aromatic rings. The minimum absolute atomic E-state index is 0.105. The summed E-state index contributed by atoms with van der Waals surface area (Å²) >= 11 is 0. The number of anilines is 1. The molecule has 8 N–H and O–H groups in total. The Morgan fingerprint density at radius 1 is 0.974 bits per heavy atom. The topological polar surface area (TPSA) is 203 Å². The molecule has 1 fully saturated rings. The number of amides is 3. The number of unbranched alkanes of at least 4 members (excludes halogenated alkanes) is 2. The molecule has 0 bridgehead atoms. The van der Waals surface area contributed by atoms with Crippen molar-refractivity contribution in [3.63, 3.8) is 0 Å². The molecule has 3 atom stereocenters. The Labute approximate surface area is 229 Å². The van der Waals surface area contributed by atoms with Crippen molar-refractivity contribution in [2.24, 2.45) is 17.4 Å². The lowest BCUT2D eigenvalue weighted by atomic mass is 9.83. The molecule has 12 heteroatoms. The molecule has 1 aliphatic rings. The average molecular weight is 549 g/mol. The molecule has 0 saturated heterocycles. The summed E-state index contributed by atoms with van der Waals surface area (Å²) in [5.74, 6) is -1.22. The Morgan fingerprint density at radius 2 is 1.62 bits per heavy atom. The molecule has 2 rings (SSSR count). The highest BCUT2D eigenvalue weighted by molar-refractivity contribution is 5.98.